The number of hydrogen-bond donors (Lipinski definition) is 2. The lowest BCUT2D eigenvalue weighted by atomic mass is 9.85. The summed E-state index contributed by atoms with van der Waals surface area (Å²) in [6, 6.07) is 20.1. The molecule has 0 radical (unpaired) electrons. The number of nitrogens with zero attached hydrogens (tertiary/aromatic N) is 1. The van der Waals surface area contributed by atoms with Gasteiger partial charge in [0, 0.05) is 15.5 Å². The minimum absolute atomic E-state index is 0.00687. The van der Waals surface area contributed by atoms with Crippen molar-refractivity contribution in [3.05, 3.63) is 111 Å². The smallest absolute Gasteiger partial charge is 0.307 e. The number of furan rings is 1. The highest BCUT2D eigenvalue weighted by molar-refractivity contribution is 9.10. The van der Waals surface area contributed by atoms with Crippen LogP contribution >= 0.6 is 15.9 Å². The van der Waals surface area contributed by atoms with Gasteiger partial charge in [0.05, 0.1) is 18.0 Å². The fourth-order valence-electron chi connectivity index (χ4n) is 4.79. The summed E-state index contributed by atoms with van der Waals surface area (Å²) >= 11 is 3.41. The van der Waals surface area contributed by atoms with Crippen molar-refractivity contribution in [2.45, 2.75) is 38.6 Å². The Morgan fingerprint density at radius 3 is 2.26 bits per heavy atom. The molecule has 1 aliphatic heterocycles. The molecule has 2 heterocycles. The number of fused-ring (bicyclic) bond motifs is 1. The molecule has 7 nitrogen and oxygen atoms in total. The van der Waals surface area contributed by atoms with Crippen molar-refractivity contribution < 1.29 is 29.0 Å². The molecule has 1 aliphatic rings. The predicted molar refractivity (Wildman–Crippen MR) is 151 cm³/mol. The van der Waals surface area contributed by atoms with Gasteiger partial charge in [-0.25, -0.2) is 0 Å². The SMILES string of the molecule is CC(C)(C)c1ccc(C2C(C(=O)c3cc4cc(Br)ccc4o3)=C(O)C(=O)N2c2ccc(CC(=O)O)cc2)cc1. The Morgan fingerprint density at radius 1 is 0.974 bits per heavy atom. The Kier molecular flexibility index (Phi) is 6.68. The monoisotopic (exact) mass is 587 g/mol. The van der Waals surface area contributed by atoms with E-state index in [1.807, 2.05) is 30.3 Å². The molecule has 0 aliphatic carbocycles. The fourth-order valence-corrected chi connectivity index (χ4v) is 5.17. The molecule has 198 valence electrons. The van der Waals surface area contributed by atoms with E-state index in [0.717, 1.165) is 10.0 Å². The Morgan fingerprint density at radius 2 is 1.64 bits per heavy atom. The van der Waals surface area contributed by atoms with Gasteiger partial charge in [-0.05, 0) is 58.5 Å². The van der Waals surface area contributed by atoms with Crippen LogP contribution in [-0.2, 0) is 21.4 Å². The highest BCUT2D eigenvalue weighted by Gasteiger charge is 2.45. The number of carbonyl (C=O) groups excluding carboxylic acids is 2. The third-order valence-electron chi connectivity index (χ3n) is 6.82. The fraction of sp³-hybridized carbons (Fsp3) is 0.194. The second kappa shape index (κ2) is 9.85. The highest BCUT2D eigenvalue weighted by Crippen LogP contribution is 2.43. The molecule has 0 spiro atoms. The molecule has 0 fully saturated rings. The molecule has 2 N–H and O–H groups in total. The van der Waals surface area contributed by atoms with Gasteiger partial charge >= 0.3 is 5.97 Å². The zero-order chi connectivity index (χ0) is 28.1. The molecule has 5 rings (SSSR count). The van der Waals surface area contributed by atoms with Crippen LogP contribution in [0, 0.1) is 0 Å². The van der Waals surface area contributed by atoms with Crippen molar-refractivity contribution >= 4 is 50.2 Å². The van der Waals surface area contributed by atoms with Gasteiger partial charge < -0.3 is 14.6 Å². The van der Waals surface area contributed by atoms with Gasteiger partial charge in [-0.1, -0.05) is 73.1 Å². The standard InChI is InChI=1S/C31H26BrNO6/c1-31(2,3)20-8-6-18(7-9-20)27-26(28(36)24-16-19-15-21(32)10-13-23(19)39-24)29(37)30(38)33(27)22-11-4-17(5-12-22)14-25(34)35/h4-13,15-16,27,37H,14H2,1-3H3,(H,34,35). The average molecular weight is 588 g/mol. The largest absolute Gasteiger partial charge is 0.503 e. The Labute approximate surface area is 233 Å². The van der Waals surface area contributed by atoms with Crippen LogP contribution in [0.5, 0.6) is 0 Å². The summed E-state index contributed by atoms with van der Waals surface area (Å²) in [5.41, 5.74) is 3.00. The number of halogens is 1. The summed E-state index contributed by atoms with van der Waals surface area (Å²) in [5.74, 6) is -2.94. The molecule has 1 amide bonds. The Hall–Kier alpha value is -4.17. The van der Waals surface area contributed by atoms with Crippen LogP contribution in [0.2, 0.25) is 0 Å². The van der Waals surface area contributed by atoms with Crippen molar-refractivity contribution in [2.75, 3.05) is 4.90 Å². The molecule has 1 unspecified atom stereocenters. The van der Waals surface area contributed by atoms with Crippen LogP contribution in [0.15, 0.2) is 93.0 Å². The zero-order valence-electron chi connectivity index (χ0n) is 21.6. The number of carboxylic acids is 1. The topological polar surface area (TPSA) is 108 Å². The summed E-state index contributed by atoms with van der Waals surface area (Å²) < 4.78 is 6.64. The number of carbonyl (C=O) groups is 3. The minimum atomic E-state index is -0.970. The molecule has 3 aromatic carbocycles. The number of carboxylic acid groups (broad SMARTS) is 1. The van der Waals surface area contributed by atoms with Crippen LogP contribution in [0.25, 0.3) is 11.0 Å². The van der Waals surface area contributed by atoms with Crippen molar-refractivity contribution in [1.29, 1.82) is 0 Å². The molecule has 4 aromatic rings. The lowest BCUT2D eigenvalue weighted by Gasteiger charge is -2.28. The third kappa shape index (κ3) is 5.00. The van der Waals surface area contributed by atoms with E-state index in [2.05, 4.69) is 36.7 Å². The molecule has 1 aromatic heterocycles. The maximum absolute atomic E-state index is 13.9. The Bertz CT molecular complexity index is 1640. The number of benzene rings is 3. The number of anilines is 1. The van der Waals surface area contributed by atoms with Gasteiger partial charge in [0.15, 0.2) is 11.5 Å². The van der Waals surface area contributed by atoms with E-state index in [-0.39, 0.29) is 23.2 Å². The number of aliphatic hydroxyl groups excluding tert-OH is 1. The summed E-state index contributed by atoms with van der Waals surface area (Å²) in [5, 5.41) is 20.9. The van der Waals surface area contributed by atoms with Gasteiger partial charge in [0.2, 0.25) is 5.78 Å². The number of hydrogen-bond acceptors (Lipinski definition) is 5. The molecular weight excluding hydrogens is 562 g/mol. The number of aliphatic carboxylic acids is 1. The first-order chi connectivity index (χ1) is 18.4. The number of amides is 1. The second-order valence-corrected chi connectivity index (χ2v) is 11.5. The van der Waals surface area contributed by atoms with Crippen LogP contribution in [0.4, 0.5) is 5.69 Å². The second-order valence-electron chi connectivity index (χ2n) is 10.6. The van der Waals surface area contributed by atoms with Crippen molar-refractivity contribution in [3.8, 4) is 0 Å². The maximum Gasteiger partial charge on any atom is 0.307 e. The molecule has 39 heavy (non-hydrogen) atoms. The van der Waals surface area contributed by atoms with E-state index in [4.69, 9.17) is 9.52 Å². The van der Waals surface area contributed by atoms with Crippen molar-refractivity contribution in [2.24, 2.45) is 0 Å². The van der Waals surface area contributed by atoms with E-state index in [1.54, 1.807) is 42.5 Å². The molecule has 8 heteroatoms. The van der Waals surface area contributed by atoms with Crippen molar-refractivity contribution in [3.63, 3.8) is 0 Å². The summed E-state index contributed by atoms with van der Waals surface area (Å²) in [4.78, 5) is 39.8. The molecule has 0 bridgehead atoms. The van der Waals surface area contributed by atoms with Crippen LogP contribution < -0.4 is 4.90 Å². The van der Waals surface area contributed by atoms with Crippen LogP contribution in [0.3, 0.4) is 0 Å². The molecule has 0 saturated carbocycles. The summed E-state index contributed by atoms with van der Waals surface area (Å²) in [6.45, 7) is 6.27. The molecule has 1 atom stereocenters. The normalized spacial score (nSPS) is 15.8. The zero-order valence-corrected chi connectivity index (χ0v) is 23.2. The highest BCUT2D eigenvalue weighted by atomic mass is 79.9. The summed E-state index contributed by atoms with van der Waals surface area (Å²) in [7, 11) is 0. The average Bonchev–Trinajstić information content (AvgIpc) is 3.42. The molecular formula is C31H26BrNO6. The quantitative estimate of drug-likeness (QED) is 0.237. The van der Waals surface area contributed by atoms with E-state index >= 15 is 0 Å². The first-order valence-electron chi connectivity index (χ1n) is 12.4. The number of Topliss-reactive ketones (excluding diaryl/α,β-unsaturated/α-hetero) is 1. The molecule has 0 saturated heterocycles. The van der Waals surface area contributed by atoms with E-state index in [9.17, 15) is 19.5 Å². The number of ketones is 1. The van der Waals surface area contributed by atoms with E-state index in [1.165, 1.54) is 4.90 Å². The summed E-state index contributed by atoms with van der Waals surface area (Å²) in [6.07, 6.45) is -0.165. The number of rotatable bonds is 6. The van der Waals surface area contributed by atoms with Gasteiger partial charge in [-0.2, -0.15) is 0 Å². The number of aliphatic hydroxyl groups is 1. The van der Waals surface area contributed by atoms with Gasteiger partial charge in [0.25, 0.3) is 5.91 Å². The Balaban J connectivity index is 1.61. The maximum atomic E-state index is 13.9. The van der Waals surface area contributed by atoms with E-state index < -0.39 is 29.5 Å². The third-order valence-corrected chi connectivity index (χ3v) is 7.31. The minimum Gasteiger partial charge on any atom is -0.503 e. The lowest BCUT2D eigenvalue weighted by molar-refractivity contribution is -0.136. The predicted octanol–water partition coefficient (Wildman–Crippen LogP) is 6.90. The van der Waals surface area contributed by atoms with Gasteiger partial charge in [0.1, 0.15) is 5.58 Å². The van der Waals surface area contributed by atoms with Crippen LogP contribution in [-0.4, -0.2) is 27.9 Å². The van der Waals surface area contributed by atoms with Gasteiger partial charge in [-0.15, -0.1) is 0 Å². The van der Waals surface area contributed by atoms with Crippen LogP contribution in [0.1, 0.15) is 54.1 Å². The lowest BCUT2D eigenvalue weighted by Crippen LogP contribution is -2.31. The van der Waals surface area contributed by atoms with Crippen molar-refractivity contribution in [1.82, 2.24) is 0 Å². The van der Waals surface area contributed by atoms with Gasteiger partial charge in [-0.3, -0.25) is 19.3 Å². The van der Waals surface area contributed by atoms with E-state index in [0.29, 0.717) is 27.8 Å². The first-order valence-corrected chi connectivity index (χ1v) is 13.1. The first kappa shape index (κ1) is 26.4.